The van der Waals surface area contributed by atoms with Crippen LogP contribution in [0.1, 0.15) is 11.6 Å². The Morgan fingerprint density at radius 2 is 2.38 bits per heavy atom. The van der Waals surface area contributed by atoms with E-state index in [4.69, 9.17) is 9.84 Å². The second-order valence-electron chi connectivity index (χ2n) is 3.68. The van der Waals surface area contributed by atoms with Crippen molar-refractivity contribution in [2.45, 2.75) is 12.1 Å². The van der Waals surface area contributed by atoms with Crippen molar-refractivity contribution >= 4 is 21.9 Å². The number of aliphatic carboxylic acids is 1. The lowest BCUT2D eigenvalue weighted by Crippen LogP contribution is -2.44. The summed E-state index contributed by atoms with van der Waals surface area (Å²) in [7, 11) is 0. The highest BCUT2D eigenvalue weighted by Crippen LogP contribution is 2.21. The molecule has 2 atom stereocenters. The molecule has 1 heterocycles. The molecule has 0 aromatic heterocycles. The number of benzene rings is 1. The van der Waals surface area contributed by atoms with Crippen LogP contribution in [0.5, 0.6) is 0 Å². The molecule has 1 aliphatic rings. The molecule has 1 aliphatic heterocycles. The van der Waals surface area contributed by atoms with E-state index in [2.05, 4.69) is 21.2 Å². The number of hydrogen-bond donors (Lipinski definition) is 2. The lowest BCUT2D eigenvalue weighted by molar-refractivity contribution is -0.153. The third-order valence-corrected chi connectivity index (χ3v) is 3.03. The molecule has 16 heavy (non-hydrogen) atoms. The van der Waals surface area contributed by atoms with Crippen LogP contribution in [0.25, 0.3) is 0 Å². The molecule has 0 radical (unpaired) electrons. The van der Waals surface area contributed by atoms with Gasteiger partial charge in [0, 0.05) is 11.0 Å². The van der Waals surface area contributed by atoms with Gasteiger partial charge in [0.2, 0.25) is 0 Å². The zero-order valence-corrected chi connectivity index (χ0v) is 10.1. The summed E-state index contributed by atoms with van der Waals surface area (Å²) in [6, 6.07) is 7.96. The summed E-state index contributed by atoms with van der Waals surface area (Å²) >= 11 is 3.40. The largest absolute Gasteiger partial charge is 0.479 e. The maximum Gasteiger partial charge on any atom is 0.334 e. The average molecular weight is 286 g/mol. The van der Waals surface area contributed by atoms with Crippen molar-refractivity contribution < 1.29 is 14.6 Å². The van der Waals surface area contributed by atoms with Crippen molar-refractivity contribution in [3.05, 3.63) is 34.3 Å². The van der Waals surface area contributed by atoms with E-state index in [1.54, 1.807) is 0 Å². The van der Waals surface area contributed by atoms with Gasteiger partial charge in [-0.15, -0.1) is 0 Å². The minimum absolute atomic E-state index is 0.0631. The molecule has 0 saturated carbocycles. The third-order valence-electron chi connectivity index (χ3n) is 2.54. The van der Waals surface area contributed by atoms with Crippen LogP contribution in [-0.4, -0.2) is 30.3 Å². The van der Waals surface area contributed by atoms with E-state index in [9.17, 15) is 4.79 Å². The Labute approximate surface area is 102 Å². The zero-order chi connectivity index (χ0) is 11.5. The number of rotatable bonds is 2. The summed E-state index contributed by atoms with van der Waals surface area (Å²) in [4.78, 5) is 10.7. The van der Waals surface area contributed by atoms with Crippen LogP contribution in [0.15, 0.2) is 28.7 Å². The number of ether oxygens (including phenoxy) is 1. The molecular weight excluding hydrogens is 274 g/mol. The van der Waals surface area contributed by atoms with E-state index in [0.29, 0.717) is 13.2 Å². The standard InChI is InChI=1S/C11H12BrNO3/c12-8-3-1-2-7(4-8)9-6-16-10(5-13-9)11(14)15/h1-4,9-10,13H,5-6H2,(H,14,15). The number of carboxylic acid groups (broad SMARTS) is 1. The highest BCUT2D eigenvalue weighted by molar-refractivity contribution is 9.10. The van der Waals surface area contributed by atoms with Gasteiger partial charge in [-0.1, -0.05) is 28.1 Å². The molecule has 0 spiro atoms. The summed E-state index contributed by atoms with van der Waals surface area (Å²) < 4.78 is 6.28. The molecule has 1 aromatic rings. The van der Waals surface area contributed by atoms with Crippen LogP contribution in [0, 0.1) is 0 Å². The normalized spacial score (nSPS) is 25.3. The van der Waals surface area contributed by atoms with Gasteiger partial charge < -0.3 is 15.2 Å². The summed E-state index contributed by atoms with van der Waals surface area (Å²) in [5, 5.41) is 11.9. The second-order valence-corrected chi connectivity index (χ2v) is 4.59. The number of carbonyl (C=O) groups is 1. The molecule has 0 aliphatic carbocycles. The van der Waals surface area contributed by atoms with Crippen LogP contribution in [0.4, 0.5) is 0 Å². The molecular formula is C11H12BrNO3. The van der Waals surface area contributed by atoms with Crippen LogP contribution < -0.4 is 5.32 Å². The first kappa shape index (κ1) is 11.6. The van der Waals surface area contributed by atoms with Crippen LogP contribution in [0.2, 0.25) is 0 Å². The Hall–Kier alpha value is -0.910. The highest BCUT2D eigenvalue weighted by Gasteiger charge is 2.26. The maximum absolute atomic E-state index is 10.7. The van der Waals surface area contributed by atoms with Crippen LogP contribution in [0.3, 0.4) is 0 Å². The topological polar surface area (TPSA) is 58.6 Å². The Kier molecular flexibility index (Phi) is 3.58. The van der Waals surface area contributed by atoms with Gasteiger partial charge in [0.25, 0.3) is 0 Å². The fourth-order valence-electron chi connectivity index (χ4n) is 1.68. The molecule has 5 heteroatoms. The van der Waals surface area contributed by atoms with Gasteiger partial charge in [0.1, 0.15) is 0 Å². The fourth-order valence-corrected chi connectivity index (χ4v) is 2.09. The SMILES string of the molecule is O=C(O)C1CNC(c2cccc(Br)c2)CO1. The van der Waals surface area contributed by atoms with Crippen LogP contribution >= 0.6 is 15.9 Å². The lowest BCUT2D eigenvalue weighted by atomic mass is 10.1. The summed E-state index contributed by atoms with van der Waals surface area (Å²) in [6.07, 6.45) is -0.733. The molecule has 2 rings (SSSR count). The van der Waals surface area contributed by atoms with Gasteiger partial charge in [0.15, 0.2) is 6.10 Å². The van der Waals surface area contributed by atoms with Gasteiger partial charge in [-0.3, -0.25) is 0 Å². The third kappa shape index (κ3) is 2.61. The number of morpholine rings is 1. The van der Waals surface area contributed by atoms with Crippen molar-refractivity contribution in [2.75, 3.05) is 13.2 Å². The van der Waals surface area contributed by atoms with Gasteiger partial charge in [0.05, 0.1) is 12.6 Å². The van der Waals surface area contributed by atoms with Crippen molar-refractivity contribution in [1.29, 1.82) is 0 Å². The van der Waals surface area contributed by atoms with E-state index in [0.717, 1.165) is 10.0 Å². The molecule has 2 unspecified atom stereocenters. The molecule has 2 N–H and O–H groups in total. The summed E-state index contributed by atoms with van der Waals surface area (Å²) in [6.45, 7) is 0.722. The first-order valence-corrected chi connectivity index (χ1v) is 5.79. The monoisotopic (exact) mass is 285 g/mol. The highest BCUT2D eigenvalue weighted by atomic mass is 79.9. The average Bonchev–Trinajstić information content (AvgIpc) is 2.29. The van der Waals surface area contributed by atoms with Crippen molar-refractivity contribution in [1.82, 2.24) is 5.32 Å². The van der Waals surface area contributed by atoms with E-state index in [-0.39, 0.29) is 6.04 Å². The first-order valence-electron chi connectivity index (χ1n) is 5.00. The number of halogens is 1. The van der Waals surface area contributed by atoms with E-state index in [1.807, 2.05) is 24.3 Å². The lowest BCUT2D eigenvalue weighted by Gasteiger charge is -2.28. The van der Waals surface area contributed by atoms with Gasteiger partial charge >= 0.3 is 5.97 Å². The fraction of sp³-hybridized carbons (Fsp3) is 0.364. The second kappa shape index (κ2) is 4.95. The molecule has 0 amide bonds. The first-order chi connectivity index (χ1) is 7.66. The number of hydrogen-bond acceptors (Lipinski definition) is 3. The quantitative estimate of drug-likeness (QED) is 0.866. The minimum Gasteiger partial charge on any atom is -0.479 e. The zero-order valence-electron chi connectivity index (χ0n) is 8.52. The van der Waals surface area contributed by atoms with Crippen molar-refractivity contribution in [3.8, 4) is 0 Å². The molecule has 86 valence electrons. The van der Waals surface area contributed by atoms with E-state index < -0.39 is 12.1 Å². The molecule has 0 bridgehead atoms. The summed E-state index contributed by atoms with van der Waals surface area (Å²) in [5.74, 6) is -0.916. The smallest absolute Gasteiger partial charge is 0.334 e. The Bertz CT molecular complexity index is 389. The predicted molar refractivity (Wildman–Crippen MR) is 62.3 cm³/mol. The molecule has 1 aromatic carbocycles. The van der Waals surface area contributed by atoms with E-state index in [1.165, 1.54) is 0 Å². The van der Waals surface area contributed by atoms with E-state index >= 15 is 0 Å². The molecule has 4 nitrogen and oxygen atoms in total. The Morgan fingerprint density at radius 3 is 2.94 bits per heavy atom. The number of carboxylic acids is 1. The van der Waals surface area contributed by atoms with Crippen molar-refractivity contribution in [3.63, 3.8) is 0 Å². The number of nitrogens with one attached hydrogen (secondary N) is 1. The maximum atomic E-state index is 10.7. The Morgan fingerprint density at radius 1 is 1.56 bits per heavy atom. The van der Waals surface area contributed by atoms with Gasteiger partial charge in [-0.05, 0) is 17.7 Å². The molecule has 1 fully saturated rings. The predicted octanol–water partition coefficient (Wildman–Crippen LogP) is 1.56. The van der Waals surface area contributed by atoms with Crippen molar-refractivity contribution in [2.24, 2.45) is 0 Å². The summed E-state index contributed by atoms with van der Waals surface area (Å²) in [5.41, 5.74) is 1.10. The van der Waals surface area contributed by atoms with Gasteiger partial charge in [-0.25, -0.2) is 4.79 Å². The van der Waals surface area contributed by atoms with Crippen LogP contribution in [-0.2, 0) is 9.53 Å². The minimum atomic E-state index is -0.916. The molecule has 1 saturated heterocycles. The Balaban J connectivity index is 2.01. The van der Waals surface area contributed by atoms with Gasteiger partial charge in [-0.2, -0.15) is 0 Å².